The van der Waals surface area contributed by atoms with Gasteiger partial charge in [-0.25, -0.2) is 4.39 Å². The first-order valence-corrected chi connectivity index (χ1v) is 7.35. The molecule has 0 saturated heterocycles. The van der Waals surface area contributed by atoms with E-state index in [1.165, 1.54) is 5.56 Å². The smallest absolute Gasteiger partial charge is 0.123 e. The minimum Gasteiger partial charge on any atom is -0.207 e. The molecule has 0 aliphatic rings. The molecule has 0 nitrogen and oxygen atoms in total. The van der Waals surface area contributed by atoms with E-state index in [0.29, 0.717) is 0 Å². The van der Waals surface area contributed by atoms with Crippen molar-refractivity contribution in [2.45, 2.75) is 25.6 Å². The van der Waals surface area contributed by atoms with Gasteiger partial charge in [0.25, 0.3) is 0 Å². The first-order chi connectivity index (χ1) is 8.97. The van der Waals surface area contributed by atoms with Gasteiger partial charge in [-0.3, -0.25) is 0 Å². The fraction of sp³-hybridized carbons (Fsp3) is 0.250. The van der Waals surface area contributed by atoms with E-state index in [0.717, 1.165) is 27.6 Å². The van der Waals surface area contributed by atoms with E-state index < -0.39 is 0 Å². The van der Waals surface area contributed by atoms with Crippen molar-refractivity contribution in [3.05, 3.63) is 68.9 Å². The molecule has 1 atom stereocenters. The van der Waals surface area contributed by atoms with Crippen LogP contribution in [0.15, 0.2) is 40.9 Å². The van der Waals surface area contributed by atoms with Gasteiger partial charge in [0.2, 0.25) is 0 Å². The quantitative estimate of drug-likeness (QED) is 0.626. The molecule has 0 bridgehead atoms. The van der Waals surface area contributed by atoms with Crippen LogP contribution in [0.4, 0.5) is 4.39 Å². The topological polar surface area (TPSA) is 0 Å². The van der Waals surface area contributed by atoms with E-state index in [1.807, 2.05) is 38.1 Å². The summed E-state index contributed by atoms with van der Waals surface area (Å²) in [4.78, 5) is 0. The van der Waals surface area contributed by atoms with Crippen LogP contribution in [0.5, 0.6) is 0 Å². The van der Waals surface area contributed by atoms with E-state index in [-0.39, 0.29) is 11.2 Å². The van der Waals surface area contributed by atoms with Crippen LogP contribution in [0.2, 0.25) is 0 Å². The van der Waals surface area contributed by atoms with Crippen molar-refractivity contribution in [1.82, 2.24) is 0 Å². The standard InChI is InChI=1S/C16H15BrClF/c1-10-7-14(19)8-11(2)16(10)15(18)9-12-3-5-13(17)6-4-12/h3-8,15H,9H2,1-2H3. The van der Waals surface area contributed by atoms with Crippen molar-refractivity contribution in [3.8, 4) is 0 Å². The van der Waals surface area contributed by atoms with Gasteiger partial charge in [0.05, 0.1) is 5.38 Å². The fourth-order valence-corrected chi connectivity index (χ4v) is 3.13. The highest BCUT2D eigenvalue weighted by atomic mass is 79.9. The van der Waals surface area contributed by atoms with E-state index in [1.54, 1.807) is 12.1 Å². The number of benzene rings is 2. The molecular formula is C16H15BrClF. The van der Waals surface area contributed by atoms with Crippen molar-refractivity contribution < 1.29 is 4.39 Å². The molecule has 0 aliphatic heterocycles. The molecule has 0 aromatic heterocycles. The van der Waals surface area contributed by atoms with Crippen LogP contribution >= 0.6 is 27.5 Å². The second-order valence-electron chi connectivity index (χ2n) is 4.75. The Balaban J connectivity index is 2.25. The van der Waals surface area contributed by atoms with Crippen molar-refractivity contribution in [2.75, 3.05) is 0 Å². The zero-order valence-corrected chi connectivity index (χ0v) is 13.2. The molecule has 0 fully saturated rings. The first kappa shape index (κ1) is 14.5. The number of rotatable bonds is 3. The molecule has 19 heavy (non-hydrogen) atoms. The summed E-state index contributed by atoms with van der Waals surface area (Å²) in [5.41, 5.74) is 4.03. The number of halogens is 3. The molecule has 0 amide bonds. The maximum Gasteiger partial charge on any atom is 0.123 e. The third-order valence-electron chi connectivity index (χ3n) is 3.20. The highest BCUT2D eigenvalue weighted by Gasteiger charge is 2.15. The Hall–Kier alpha value is -0.860. The molecular weight excluding hydrogens is 327 g/mol. The minimum absolute atomic E-state index is 0.137. The Kier molecular flexibility index (Phi) is 4.64. The average molecular weight is 342 g/mol. The number of hydrogen-bond acceptors (Lipinski definition) is 0. The molecule has 0 radical (unpaired) electrons. The normalized spacial score (nSPS) is 12.5. The average Bonchev–Trinajstić information content (AvgIpc) is 2.30. The number of alkyl halides is 1. The second-order valence-corrected chi connectivity index (χ2v) is 6.19. The zero-order valence-electron chi connectivity index (χ0n) is 10.9. The van der Waals surface area contributed by atoms with Crippen LogP contribution in [0, 0.1) is 19.7 Å². The van der Waals surface area contributed by atoms with Crippen LogP contribution < -0.4 is 0 Å². The lowest BCUT2D eigenvalue weighted by Crippen LogP contribution is -2.02. The minimum atomic E-state index is -0.203. The summed E-state index contributed by atoms with van der Waals surface area (Å²) in [6.45, 7) is 3.81. The van der Waals surface area contributed by atoms with Crippen molar-refractivity contribution in [3.63, 3.8) is 0 Å². The summed E-state index contributed by atoms with van der Waals surface area (Å²) in [7, 11) is 0. The summed E-state index contributed by atoms with van der Waals surface area (Å²) >= 11 is 9.92. The van der Waals surface area contributed by atoms with E-state index >= 15 is 0 Å². The van der Waals surface area contributed by atoms with Gasteiger partial charge < -0.3 is 0 Å². The van der Waals surface area contributed by atoms with E-state index in [9.17, 15) is 4.39 Å². The van der Waals surface area contributed by atoms with Gasteiger partial charge in [0.15, 0.2) is 0 Å². The summed E-state index contributed by atoms with van der Waals surface area (Å²) in [5.74, 6) is -0.203. The summed E-state index contributed by atoms with van der Waals surface area (Å²) in [6.07, 6.45) is 0.738. The van der Waals surface area contributed by atoms with Crippen LogP contribution in [-0.4, -0.2) is 0 Å². The highest BCUT2D eigenvalue weighted by Crippen LogP contribution is 2.31. The Bertz CT molecular complexity index is 555. The van der Waals surface area contributed by atoms with Crippen LogP contribution in [0.1, 0.15) is 27.6 Å². The molecule has 1 unspecified atom stereocenters. The molecule has 2 rings (SSSR count). The molecule has 0 N–H and O–H groups in total. The van der Waals surface area contributed by atoms with Crippen LogP contribution in [0.3, 0.4) is 0 Å². The van der Waals surface area contributed by atoms with Gasteiger partial charge in [-0.15, -0.1) is 11.6 Å². The molecule has 2 aromatic carbocycles. The van der Waals surface area contributed by atoms with E-state index in [4.69, 9.17) is 11.6 Å². The Morgan fingerprint density at radius 3 is 2.16 bits per heavy atom. The molecule has 0 saturated carbocycles. The number of hydrogen-bond donors (Lipinski definition) is 0. The lowest BCUT2D eigenvalue weighted by atomic mass is 9.96. The summed E-state index contributed by atoms with van der Waals surface area (Å²) < 4.78 is 14.3. The van der Waals surface area contributed by atoms with Gasteiger partial charge in [-0.2, -0.15) is 0 Å². The molecule has 100 valence electrons. The van der Waals surface area contributed by atoms with Crippen molar-refractivity contribution in [1.29, 1.82) is 0 Å². The zero-order chi connectivity index (χ0) is 14.0. The highest BCUT2D eigenvalue weighted by molar-refractivity contribution is 9.10. The predicted molar refractivity (Wildman–Crippen MR) is 82.3 cm³/mol. The number of aryl methyl sites for hydroxylation is 2. The maximum atomic E-state index is 13.3. The van der Waals surface area contributed by atoms with Gasteiger partial charge in [0, 0.05) is 4.47 Å². The van der Waals surface area contributed by atoms with Crippen molar-refractivity contribution in [2.24, 2.45) is 0 Å². The molecule has 3 heteroatoms. The largest absolute Gasteiger partial charge is 0.207 e. The lowest BCUT2D eigenvalue weighted by Gasteiger charge is -2.16. The lowest BCUT2D eigenvalue weighted by molar-refractivity contribution is 0.623. The predicted octanol–water partition coefficient (Wildman–Crippen LogP) is 5.73. The Morgan fingerprint density at radius 1 is 1.11 bits per heavy atom. The van der Waals surface area contributed by atoms with Gasteiger partial charge in [-0.05, 0) is 66.8 Å². The van der Waals surface area contributed by atoms with Gasteiger partial charge in [0.1, 0.15) is 5.82 Å². The molecule has 0 heterocycles. The molecule has 0 aliphatic carbocycles. The third-order valence-corrected chi connectivity index (χ3v) is 4.10. The molecule has 2 aromatic rings. The maximum absolute atomic E-state index is 13.3. The second kappa shape index (κ2) is 6.06. The van der Waals surface area contributed by atoms with Crippen LogP contribution in [-0.2, 0) is 6.42 Å². The van der Waals surface area contributed by atoms with Crippen molar-refractivity contribution >= 4 is 27.5 Å². The third kappa shape index (κ3) is 3.58. The summed E-state index contributed by atoms with van der Waals surface area (Å²) in [6, 6.07) is 11.2. The fourth-order valence-electron chi connectivity index (χ4n) is 2.35. The van der Waals surface area contributed by atoms with Gasteiger partial charge >= 0.3 is 0 Å². The van der Waals surface area contributed by atoms with E-state index in [2.05, 4.69) is 15.9 Å². The SMILES string of the molecule is Cc1cc(F)cc(C)c1C(Cl)Cc1ccc(Br)cc1. The van der Waals surface area contributed by atoms with Gasteiger partial charge in [-0.1, -0.05) is 28.1 Å². The Morgan fingerprint density at radius 2 is 1.63 bits per heavy atom. The first-order valence-electron chi connectivity index (χ1n) is 6.12. The monoisotopic (exact) mass is 340 g/mol. The Labute approximate surface area is 126 Å². The molecule has 0 spiro atoms. The summed E-state index contributed by atoms with van der Waals surface area (Å²) in [5, 5.41) is -0.137. The van der Waals surface area contributed by atoms with Crippen LogP contribution in [0.25, 0.3) is 0 Å².